The SMILES string of the molecule is CCNC(=NCC(C1CCCCC1)N(C)C)NC(C)Cc1c(C)nn(C)c1C. The molecule has 1 heterocycles. The van der Waals surface area contributed by atoms with E-state index in [0.717, 1.165) is 37.1 Å². The van der Waals surface area contributed by atoms with Crippen LogP contribution in [0.2, 0.25) is 0 Å². The summed E-state index contributed by atoms with van der Waals surface area (Å²) in [5.74, 6) is 1.70. The smallest absolute Gasteiger partial charge is 0.191 e. The molecule has 2 rings (SSSR count). The van der Waals surface area contributed by atoms with E-state index in [9.17, 15) is 0 Å². The summed E-state index contributed by atoms with van der Waals surface area (Å²) in [6.07, 6.45) is 7.79. The Bertz CT molecular complexity index is 627. The van der Waals surface area contributed by atoms with E-state index in [1.165, 1.54) is 43.4 Å². The lowest BCUT2D eigenvalue weighted by molar-refractivity contribution is 0.176. The number of likely N-dealkylation sites (N-methyl/N-ethyl adjacent to an activating group) is 1. The first-order chi connectivity index (χ1) is 13.3. The molecule has 160 valence electrons. The van der Waals surface area contributed by atoms with Gasteiger partial charge < -0.3 is 15.5 Å². The number of aliphatic imine (C=N–C) groups is 1. The number of rotatable bonds is 8. The van der Waals surface area contributed by atoms with Crippen molar-refractivity contribution in [3.63, 3.8) is 0 Å². The summed E-state index contributed by atoms with van der Waals surface area (Å²) in [7, 11) is 6.42. The van der Waals surface area contributed by atoms with Crippen LogP contribution in [0.15, 0.2) is 4.99 Å². The maximum atomic E-state index is 4.97. The molecule has 2 N–H and O–H groups in total. The molecule has 6 nitrogen and oxygen atoms in total. The third-order valence-corrected chi connectivity index (χ3v) is 6.19. The van der Waals surface area contributed by atoms with Crippen LogP contribution >= 0.6 is 0 Å². The normalized spacial score (nSPS) is 18.4. The molecule has 0 bridgehead atoms. The molecule has 0 spiro atoms. The number of nitrogens with zero attached hydrogens (tertiary/aromatic N) is 4. The zero-order valence-corrected chi connectivity index (χ0v) is 19.2. The van der Waals surface area contributed by atoms with E-state index in [2.05, 4.69) is 62.4 Å². The number of guanidine groups is 1. The Hall–Kier alpha value is -1.56. The highest BCUT2D eigenvalue weighted by Gasteiger charge is 2.25. The number of hydrogen-bond acceptors (Lipinski definition) is 3. The minimum absolute atomic E-state index is 0.298. The standard InChI is InChI=1S/C22H42N6/c1-8-23-22(24-15-21(27(5)6)19-12-10-9-11-13-19)25-16(2)14-20-17(3)26-28(7)18(20)4/h16,19,21H,8-15H2,1-7H3,(H2,23,24,25). The van der Waals surface area contributed by atoms with Crippen molar-refractivity contribution in [3.8, 4) is 0 Å². The van der Waals surface area contributed by atoms with Gasteiger partial charge in [0.15, 0.2) is 5.96 Å². The van der Waals surface area contributed by atoms with Crippen LogP contribution in [-0.4, -0.2) is 59.9 Å². The number of hydrogen-bond donors (Lipinski definition) is 2. The molecule has 1 aliphatic rings. The predicted molar refractivity (Wildman–Crippen MR) is 119 cm³/mol. The van der Waals surface area contributed by atoms with Gasteiger partial charge >= 0.3 is 0 Å². The van der Waals surface area contributed by atoms with Crippen LogP contribution in [0.5, 0.6) is 0 Å². The van der Waals surface area contributed by atoms with Gasteiger partial charge in [-0.15, -0.1) is 0 Å². The van der Waals surface area contributed by atoms with Crippen LogP contribution in [0.25, 0.3) is 0 Å². The first kappa shape index (κ1) is 22.7. The Kier molecular flexibility index (Phi) is 8.80. The summed E-state index contributed by atoms with van der Waals surface area (Å²) in [4.78, 5) is 7.34. The maximum absolute atomic E-state index is 4.97. The van der Waals surface area contributed by atoms with Crippen LogP contribution in [0, 0.1) is 19.8 Å². The average molecular weight is 391 g/mol. The summed E-state index contributed by atoms with van der Waals surface area (Å²) < 4.78 is 1.97. The van der Waals surface area contributed by atoms with Gasteiger partial charge in [-0.25, -0.2) is 0 Å². The van der Waals surface area contributed by atoms with Crippen molar-refractivity contribution in [2.24, 2.45) is 18.0 Å². The lowest BCUT2D eigenvalue weighted by atomic mass is 9.83. The van der Waals surface area contributed by atoms with Crippen LogP contribution in [0.1, 0.15) is 62.9 Å². The summed E-state index contributed by atoms with van der Waals surface area (Å²) >= 11 is 0. The lowest BCUT2D eigenvalue weighted by Gasteiger charge is -2.34. The molecule has 0 aliphatic heterocycles. The molecule has 1 aromatic rings. The first-order valence-electron chi connectivity index (χ1n) is 11.0. The molecule has 1 aromatic heterocycles. The number of nitrogens with one attached hydrogen (secondary N) is 2. The van der Waals surface area contributed by atoms with Crippen molar-refractivity contribution in [1.82, 2.24) is 25.3 Å². The lowest BCUT2D eigenvalue weighted by Crippen LogP contribution is -2.45. The van der Waals surface area contributed by atoms with Gasteiger partial charge in [-0.1, -0.05) is 19.3 Å². The van der Waals surface area contributed by atoms with Crippen molar-refractivity contribution >= 4 is 5.96 Å². The third-order valence-electron chi connectivity index (χ3n) is 6.19. The van der Waals surface area contributed by atoms with Crippen molar-refractivity contribution in [3.05, 3.63) is 17.0 Å². The number of aryl methyl sites for hydroxylation is 2. The van der Waals surface area contributed by atoms with Gasteiger partial charge in [0.2, 0.25) is 0 Å². The summed E-state index contributed by atoms with van der Waals surface area (Å²) in [5.41, 5.74) is 3.71. The van der Waals surface area contributed by atoms with Gasteiger partial charge in [0.05, 0.1) is 12.2 Å². The van der Waals surface area contributed by atoms with E-state index in [0.29, 0.717) is 12.1 Å². The summed E-state index contributed by atoms with van der Waals surface area (Å²) in [6, 6.07) is 0.820. The van der Waals surface area contributed by atoms with Gasteiger partial charge in [0.1, 0.15) is 0 Å². The minimum Gasteiger partial charge on any atom is -0.357 e. The molecule has 2 atom stereocenters. The van der Waals surface area contributed by atoms with Crippen molar-refractivity contribution in [1.29, 1.82) is 0 Å². The van der Waals surface area contributed by atoms with E-state index in [1.807, 2.05) is 11.7 Å². The van der Waals surface area contributed by atoms with Crippen LogP contribution in [-0.2, 0) is 13.5 Å². The van der Waals surface area contributed by atoms with E-state index in [-0.39, 0.29) is 0 Å². The molecule has 28 heavy (non-hydrogen) atoms. The molecule has 1 saturated carbocycles. The van der Waals surface area contributed by atoms with E-state index < -0.39 is 0 Å². The largest absolute Gasteiger partial charge is 0.357 e. The molecule has 6 heteroatoms. The second-order valence-electron chi connectivity index (χ2n) is 8.67. The van der Waals surface area contributed by atoms with Gasteiger partial charge in [-0.05, 0) is 72.5 Å². The van der Waals surface area contributed by atoms with Crippen molar-refractivity contribution in [2.75, 3.05) is 27.2 Å². The molecular weight excluding hydrogens is 348 g/mol. The second kappa shape index (κ2) is 10.8. The zero-order valence-electron chi connectivity index (χ0n) is 19.2. The quantitative estimate of drug-likeness (QED) is 0.529. The van der Waals surface area contributed by atoms with Crippen LogP contribution < -0.4 is 10.6 Å². The molecule has 0 aromatic carbocycles. The van der Waals surface area contributed by atoms with Crippen molar-refractivity contribution in [2.45, 2.75) is 78.3 Å². The molecule has 1 aliphatic carbocycles. The fraction of sp³-hybridized carbons (Fsp3) is 0.818. The monoisotopic (exact) mass is 390 g/mol. The van der Waals surface area contributed by atoms with Crippen LogP contribution in [0.4, 0.5) is 0 Å². The Morgan fingerprint density at radius 2 is 1.93 bits per heavy atom. The highest BCUT2D eigenvalue weighted by atomic mass is 15.3. The summed E-state index contributed by atoms with van der Waals surface area (Å²) in [6.45, 7) is 10.3. The predicted octanol–water partition coefficient (Wildman–Crippen LogP) is 3.03. The highest BCUT2D eigenvalue weighted by molar-refractivity contribution is 5.80. The van der Waals surface area contributed by atoms with Gasteiger partial charge in [-0.2, -0.15) is 5.10 Å². The number of aromatic nitrogens is 2. The molecule has 0 radical (unpaired) electrons. The Labute approximate surface area is 172 Å². The molecule has 0 saturated heterocycles. The molecular formula is C22H42N6. The highest BCUT2D eigenvalue weighted by Crippen LogP contribution is 2.28. The fourth-order valence-corrected chi connectivity index (χ4v) is 4.46. The molecule has 2 unspecified atom stereocenters. The van der Waals surface area contributed by atoms with Gasteiger partial charge in [-0.3, -0.25) is 9.67 Å². The molecule has 1 fully saturated rings. The van der Waals surface area contributed by atoms with Gasteiger partial charge in [0.25, 0.3) is 0 Å². The second-order valence-corrected chi connectivity index (χ2v) is 8.67. The molecule has 0 amide bonds. The average Bonchev–Trinajstić information content (AvgIpc) is 2.88. The van der Waals surface area contributed by atoms with E-state index in [4.69, 9.17) is 4.99 Å². The van der Waals surface area contributed by atoms with E-state index >= 15 is 0 Å². The zero-order chi connectivity index (χ0) is 20.7. The van der Waals surface area contributed by atoms with Gasteiger partial charge in [0, 0.05) is 31.4 Å². The Balaban J connectivity index is 2.01. The topological polar surface area (TPSA) is 57.5 Å². The first-order valence-corrected chi connectivity index (χ1v) is 11.0. The Morgan fingerprint density at radius 1 is 1.25 bits per heavy atom. The fourth-order valence-electron chi connectivity index (χ4n) is 4.46. The maximum Gasteiger partial charge on any atom is 0.191 e. The van der Waals surface area contributed by atoms with E-state index in [1.54, 1.807) is 0 Å². The minimum atomic E-state index is 0.298. The Morgan fingerprint density at radius 3 is 2.46 bits per heavy atom. The van der Waals surface area contributed by atoms with Crippen LogP contribution in [0.3, 0.4) is 0 Å². The summed E-state index contributed by atoms with van der Waals surface area (Å²) in [5, 5.41) is 11.6. The van der Waals surface area contributed by atoms with Crippen molar-refractivity contribution < 1.29 is 0 Å². The third kappa shape index (κ3) is 6.23.